The molecule has 1 heterocycles. The molecule has 0 spiro atoms. The van der Waals surface area contributed by atoms with Gasteiger partial charge in [-0.05, 0) is 50.9 Å². The van der Waals surface area contributed by atoms with Crippen LogP contribution in [0.15, 0.2) is 18.2 Å². The van der Waals surface area contributed by atoms with E-state index in [0.717, 1.165) is 32.0 Å². The van der Waals surface area contributed by atoms with Gasteiger partial charge in [-0.15, -0.1) is 0 Å². The maximum absolute atomic E-state index is 13.0. The number of halogens is 2. The Morgan fingerprint density at radius 2 is 2.00 bits per heavy atom. The fourth-order valence-corrected chi connectivity index (χ4v) is 3.67. The third kappa shape index (κ3) is 3.80. The fourth-order valence-electron chi connectivity index (χ4n) is 3.38. The molecule has 22 heavy (non-hydrogen) atoms. The van der Waals surface area contributed by atoms with Crippen molar-refractivity contribution in [2.45, 2.75) is 50.3 Å². The molecule has 0 bridgehead atoms. The van der Waals surface area contributed by atoms with Crippen molar-refractivity contribution in [3.63, 3.8) is 0 Å². The Balaban J connectivity index is 1.44. The zero-order valence-electron chi connectivity index (χ0n) is 12.8. The average Bonchev–Trinajstić information content (AvgIpc) is 2.44. The van der Waals surface area contributed by atoms with Gasteiger partial charge in [-0.2, -0.15) is 0 Å². The molecule has 1 aromatic carbocycles. The summed E-state index contributed by atoms with van der Waals surface area (Å²) in [6, 6.07) is 5.41. The van der Waals surface area contributed by atoms with Crippen LogP contribution in [0, 0.1) is 5.82 Å². The molecule has 0 radical (unpaired) electrons. The lowest BCUT2D eigenvalue weighted by atomic mass is 9.89. The van der Waals surface area contributed by atoms with Crippen molar-refractivity contribution in [3.8, 4) is 0 Å². The van der Waals surface area contributed by atoms with Gasteiger partial charge in [0, 0.05) is 29.2 Å². The quantitative estimate of drug-likeness (QED) is 0.872. The van der Waals surface area contributed by atoms with E-state index in [2.05, 4.69) is 10.2 Å². The van der Waals surface area contributed by atoms with Gasteiger partial charge >= 0.3 is 0 Å². The van der Waals surface area contributed by atoms with Crippen LogP contribution in [0.1, 0.15) is 43.8 Å². The SMILES string of the molecule is O[C@@H](CNC1CCN(C2CCC2)CC1)c1ccc(F)cc1Cl. The summed E-state index contributed by atoms with van der Waals surface area (Å²) in [6.07, 6.45) is 5.66. The number of aliphatic hydroxyl groups excluding tert-OH is 1. The van der Waals surface area contributed by atoms with E-state index in [1.807, 2.05) is 0 Å². The van der Waals surface area contributed by atoms with E-state index in [1.54, 1.807) is 6.07 Å². The first-order chi connectivity index (χ1) is 10.6. The molecule has 1 saturated heterocycles. The minimum atomic E-state index is -0.697. The maximum atomic E-state index is 13.0. The molecule has 2 N–H and O–H groups in total. The molecule has 2 fully saturated rings. The molecule has 0 unspecified atom stereocenters. The number of piperidine rings is 1. The minimum absolute atomic E-state index is 0.286. The third-order valence-electron chi connectivity index (χ3n) is 5.04. The van der Waals surface area contributed by atoms with Crippen molar-refractivity contribution < 1.29 is 9.50 Å². The van der Waals surface area contributed by atoms with Crippen LogP contribution in [0.25, 0.3) is 0 Å². The van der Waals surface area contributed by atoms with Gasteiger partial charge in [0.2, 0.25) is 0 Å². The predicted molar refractivity (Wildman–Crippen MR) is 86.6 cm³/mol. The van der Waals surface area contributed by atoms with E-state index in [4.69, 9.17) is 11.6 Å². The van der Waals surface area contributed by atoms with Crippen molar-refractivity contribution in [1.82, 2.24) is 10.2 Å². The van der Waals surface area contributed by atoms with Gasteiger partial charge in [0.1, 0.15) is 5.82 Å². The van der Waals surface area contributed by atoms with E-state index < -0.39 is 6.10 Å². The number of nitrogens with one attached hydrogen (secondary N) is 1. The Labute approximate surface area is 136 Å². The highest BCUT2D eigenvalue weighted by Gasteiger charge is 2.28. The summed E-state index contributed by atoms with van der Waals surface area (Å²) >= 11 is 5.99. The van der Waals surface area contributed by atoms with Gasteiger partial charge in [0.25, 0.3) is 0 Å². The van der Waals surface area contributed by atoms with Crippen LogP contribution in [-0.4, -0.2) is 41.7 Å². The van der Waals surface area contributed by atoms with Crippen LogP contribution in [0.3, 0.4) is 0 Å². The molecule has 5 heteroatoms. The molecule has 1 aliphatic heterocycles. The summed E-state index contributed by atoms with van der Waals surface area (Å²) in [5.74, 6) is -0.378. The smallest absolute Gasteiger partial charge is 0.124 e. The molecule has 1 aliphatic carbocycles. The zero-order chi connectivity index (χ0) is 15.5. The molecule has 1 saturated carbocycles. The van der Waals surface area contributed by atoms with Gasteiger partial charge in [0.05, 0.1) is 6.10 Å². The summed E-state index contributed by atoms with van der Waals surface area (Å²) < 4.78 is 13.0. The first-order valence-electron chi connectivity index (χ1n) is 8.24. The molecular weight excluding hydrogens is 303 g/mol. The number of likely N-dealkylation sites (tertiary alicyclic amines) is 1. The summed E-state index contributed by atoms with van der Waals surface area (Å²) in [7, 11) is 0. The van der Waals surface area contributed by atoms with Crippen LogP contribution in [0.2, 0.25) is 5.02 Å². The van der Waals surface area contributed by atoms with Gasteiger partial charge in [-0.3, -0.25) is 0 Å². The van der Waals surface area contributed by atoms with Gasteiger partial charge in [-0.25, -0.2) is 4.39 Å². The largest absolute Gasteiger partial charge is 0.387 e. The predicted octanol–water partition coefficient (Wildman–Crippen LogP) is 3.12. The molecule has 122 valence electrons. The zero-order valence-corrected chi connectivity index (χ0v) is 13.5. The van der Waals surface area contributed by atoms with Crippen LogP contribution in [-0.2, 0) is 0 Å². The molecule has 2 aliphatic rings. The molecule has 3 rings (SSSR count). The minimum Gasteiger partial charge on any atom is -0.387 e. The lowest BCUT2D eigenvalue weighted by molar-refractivity contribution is 0.0877. The van der Waals surface area contributed by atoms with Gasteiger partial charge in [0.15, 0.2) is 0 Å². The number of rotatable bonds is 5. The van der Waals surface area contributed by atoms with E-state index in [9.17, 15) is 9.50 Å². The van der Waals surface area contributed by atoms with Crippen LogP contribution in [0.5, 0.6) is 0 Å². The van der Waals surface area contributed by atoms with Gasteiger partial charge < -0.3 is 15.3 Å². The molecule has 1 aromatic rings. The molecule has 1 atom stereocenters. The summed E-state index contributed by atoms with van der Waals surface area (Å²) in [6.45, 7) is 2.75. The van der Waals surface area contributed by atoms with Crippen molar-refractivity contribution in [3.05, 3.63) is 34.6 Å². The number of nitrogens with zero attached hydrogens (tertiary/aromatic N) is 1. The summed E-state index contributed by atoms with van der Waals surface area (Å²) in [4.78, 5) is 2.61. The van der Waals surface area contributed by atoms with E-state index in [-0.39, 0.29) is 10.8 Å². The monoisotopic (exact) mass is 326 g/mol. The highest BCUT2D eigenvalue weighted by molar-refractivity contribution is 6.31. The van der Waals surface area contributed by atoms with Crippen LogP contribution >= 0.6 is 11.6 Å². The standard InChI is InChI=1S/C17H24ClFN2O/c18-16-10-12(19)4-5-15(16)17(22)11-20-13-6-8-21(9-7-13)14-2-1-3-14/h4-5,10,13-14,17,20,22H,1-3,6-9,11H2/t17-/m0/s1. The number of hydrogen-bond donors (Lipinski definition) is 2. The van der Waals surface area contributed by atoms with E-state index in [0.29, 0.717) is 18.2 Å². The Hall–Kier alpha value is -0.680. The first-order valence-corrected chi connectivity index (χ1v) is 8.61. The second-order valence-electron chi connectivity index (χ2n) is 6.48. The Morgan fingerprint density at radius 1 is 1.27 bits per heavy atom. The molecule has 3 nitrogen and oxygen atoms in total. The molecule has 0 aromatic heterocycles. The lowest BCUT2D eigenvalue weighted by Gasteiger charge is -2.42. The molecule has 0 amide bonds. The second-order valence-corrected chi connectivity index (χ2v) is 6.89. The Kier molecular flexibility index (Phi) is 5.34. The first kappa shape index (κ1) is 16.2. The topological polar surface area (TPSA) is 35.5 Å². The highest BCUT2D eigenvalue weighted by Crippen LogP contribution is 2.28. The summed E-state index contributed by atoms with van der Waals surface area (Å²) in [5.41, 5.74) is 0.586. The second kappa shape index (κ2) is 7.26. The summed E-state index contributed by atoms with van der Waals surface area (Å²) in [5, 5.41) is 13.9. The number of hydrogen-bond acceptors (Lipinski definition) is 3. The lowest BCUT2D eigenvalue weighted by Crippen LogP contribution is -2.49. The highest BCUT2D eigenvalue weighted by atomic mass is 35.5. The van der Waals surface area contributed by atoms with Crippen molar-refractivity contribution in [2.24, 2.45) is 0 Å². The Morgan fingerprint density at radius 3 is 2.59 bits per heavy atom. The van der Waals surface area contributed by atoms with Crippen molar-refractivity contribution >= 4 is 11.6 Å². The fraction of sp³-hybridized carbons (Fsp3) is 0.647. The van der Waals surface area contributed by atoms with E-state index in [1.165, 1.54) is 31.4 Å². The van der Waals surface area contributed by atoms with Gasteiger partial charge in [-0.1, -0.05) is 24.1 Å². The van der Waals surface area contributed by atoms with Crippen molar-refractivity contribution in [1.29, 1.82) is 0 Å². The number of benzene rings is 1. The Bertz CT molecular complexity index is 501. The maximum Gasteiger partial charge on any atom is 0.124 e. The van der Waals surface area contributed by atoms with Crippen LogP contribution in [0.4, 0.5) is 4.39 Å². The average molecular weight is 327 g/mol. The van der Waals surface area contributed by atoms with Crippen molar-refractivity contribution in [2.75, 3.05) is 19.6 Å². The van der Waals surface area contributed by atoms with E-state index >= 15 is 0 Å². The third-order valence-corrected chi connectivity index (χ3v) is 5.37. The normalized spacial score (nSPS) is 22.5. The van der Waals surface area contributed by atoms with Crippen LogP contribution < -0.4 is 5.32 Å². The molecular formula is C17H24ClFN2O. The number of aliphatic hydroxyl groups is 1.